The number of nitrogens with zero attached hydrogens (tertiary/aromatic N) is 2. The van der Waals surface area contributed by atoms with Crippen LogP contribution in [0, 0.1) is 0 Å². The van der Waals surface area contributed by atoms with Crippen LogP contribution in [0.25, 0.3) is 0 Å². The first-order valence-corrected chi connectivity index (χ1v) is 7.82. The highest BCUT2D eigenvalue weighted by Crippen LogP contribution is 2.26. The van der Waals surface area contributed by atoms with Gasteiger partial charge in [0, 0.05) is 5.92 Å². The quantitative estimate of drug-likeness (QED) is 0.605. The molecule has 1 aromatic rings. The van der Waals surface area contributed by atoms with Crippen LogP contribution in [-0.4, -0.2) is 16.1 Å². The van der Waals surface area contributed by atoms with Gasteiger partial charge >= 0.3 is 0 Å². The number of hydrogen-bond donors (Lipinski definition) is 0. The Kier molecular flexibility index (Phi) is 5.44. The van der Waals surface area contributed by atoms with Gasteiger partial charge in [-0.2, -0.15) is 0 Å². The van der Waals surface area contributed by atoms with E-state index in [1.807, 2.05) is 0 Å². The van der Waals surface area contributed by atoms with Crippen molar-refractivity contribution in [3.63, 3.8) is 0 Å². The molecule has 0 unspecified atom stereocenters. The van der Waals surface area contributed by atoms with Gasteiger partial charge in [0.25, 0.3) is 0 Å². The Morgan fingerprint density at radius 3 is 2.53 bits per heavy atom. The van der Waals surface area contributed by atoms with Crippen molar-refractivity contribution in [3.05, 3.63) is 17.7 Å². The SMILES string of the molecule is CC(C)c1ncc(OC2CCCCCC2)c(CCl)n1. The van der Waals surface area contributed by atoms with Crippen LogP contribution < -0.4 is 4.74 Å². The molecule has 0 amide bonds. The lowest BCUT2D eigenvalue weighted by molar-refractivity contribution is 0.180. The van der Waals surface area contributed by atoms with Crippen LogP contribution in [0.15, 0.2) is 6.20 Å². The van der Waals surface area contributed by atoms with Gasteiger partial charge < -0.3 is 4.74 Å². The number of aromatic nitrogens is 2. The van der Waals surface area contributed by atoms with E-state index in [1.54, 1.807) is 6.20 Å². The Labute approximate surface area is 120 Å². The number of ether oxygens (including phenoxy) is 1. The zero-order valence-corrected chi connectivity index (χ0v) is 12.6. The molecule has 0 N–H and O–H groups in total. The third kappa shape index (κ3) is 4.07. The van der Waals surface area contributed by atoms with E-state index in [9.17, 15) is 0 Å². The van der Waals surface area contributed by atoms with Crippen LogP contribution in [0.3, 0.4) is 0 Å². The fourth-order valence-corrected chi connectivity index (χ4v) is 2.62. The molecule has 1 saturated carbocycles. The maximum Gasteiger partial charge on any atom is 0.160 e. The average Bonchev–Trinajstić information content (AvgIpc) is 2.67. The first-order chi connectivity index (χ1) is 9.20. The largest absolute Gasteiger partial charge is 0.487 e. The molecular formula is C15H23ClN2O. The summed E-state index contributed by atoms with van der Waals surface area (Å²) >= 11 is 5.99. The van der Waals surface area contributed by atoms with E-state index in [-0.39, 0.29) is 0 Å². The van der Waals surface area contributed by atoms with Gasteiger partial charge in [-0.25, -0.2) is 9.97 Å². The molecule has 1 heterocycles. The molecule has 3 nitrogen and oxygen atoms in total. The Balaban J connectivity index is 2.10. The van der Waals surface area contributed by atoms with Crippen LogP contribution in [0.4, 0.5) is 0 Å². The van der Waals surface area contributed by atoms with E-state index >= 15 is 0 Å². The van der Waals surface area contributed by atoms with Gasteiger partial charge in [0.15, 0.2) is 5.75 Å². The van der Waals surface area contributed by atoms with Crippen LogP contribution in [-0.2, 0) is 5.88 Å². The maximum atomic E-state index is 6.08. The highest BCUT2D eigenvalue weighted by molar-refractivity contribution is 6.17. The first kappa shape index (κ1) is 14.6. The summed E-state index contributed by atoms with van der Waals surface area (Å²) in [6.45, 7) is 4.17. The molecule has 0 bridgehead atoms. The van der Waals surface area contributed by atoms with Gasteiger partial charge in [0.2, 0.25) is 0 Å². The zero-order valence-electron chi connectivity index (χ0n) is 11.9. The highest BCUT2D eigenvalue weighted by atomic mass is 35.5. The summed E-state index contributed by atoms with van der Waals surface area (Å²) in [7, 11) is 0. The molecule has 1 fully saturated rings. The molecule has 0 aliphatic heterocycles. The second-order valence-electron chi connectivity index (χ2n) is 5.56. The molecular weight excluding hydrogens is 260 g/mol. The Bertz CT molecular complexity index is 401. The average molecular weight is 283 g/mol. The molecule has 0 saturated heterocycles. The van der Waals surface area contributed by atoms with E-state index in [0.717, 1.165) is 30.1 Å². The summed E-state index contributed by atoms with van der Waals surface area (Å²) in [4.78, 5) is 8.89. The molecule has 1 aliphatic carbocycles. The van der Waals surface area contributed by atoms with Crippen molar-refractivity contribution < 1.29 is 4.74 Å². The Morgan fingerprint density at radius 1 is 1.26 bits per heavy atom. The predicted molar refractivity (Wildman–Crippen MR) is 77.8 cm³/mol. The van der Waals surface area contributed by atoms with Crippen molar-refractivity contribution in [1.29, 1.82) is 0 Å². The van der Waals surface area contributed by atoms with E-state index in [1.165, 1.54) is 25.7 Å². The minimum Gasteiger partial charge on any atom is -0.487 e. The highest BCUT2D eigenvalue weighted by Gasteiger charge is 2.17. The Morgan fingerprint density at radius 2 is 1.95 bits per heavy atom. The van der Waals surface area contributed by atoms with Gasteiger partial charge in [-0.3, -0.25) is 0 Å². The van der Waals surface area contributed by atoms with Gasteiger partial charge in [-0.1, -0.05) is 26.7 Å². The summed E-state index contributed by atoms with van der Waals surface area (Å²) < 4.78 is 6.08. The number of hydrogen-bond acceptors (Lipinski definition) is 3. The minimum absolute atomic E-state index is 0.304. The van der Waals surface area contributed by atoms with Crippen LogP contribution in [0.5, 0.6) is 5.75 Å². The lowest BCUT2D eigenvalue weighted by Gasteiger charge is -2.18. The molecule has 19 heavy (non-hydrogen) atoms. The van der Waals surface area contributed by atoms with Crippen molar-refractivity contribution in [3.8, 4) is 5.75 Å². The fourth-order valence-electron chi connectivity index (χ4n) is 2.43. The summed E-state index contributed by atoms with van der Waals surface area (Å²) in [5.41, 5.74) is 0.824. The third-order valence-electron chi connectivity index (χ3n) is 3.59. The van der Waals surface area contributed by atoms with Gasteiger partial charge in [-0.05, 0) is 25.7 Å². The van der Waals surface area contributed by atoms with Crippen LogP contribution >= 0.6 is 11.6 Å². The second kappa shape index (κ2) is 7.09. The molecule has 0 aromatic carbocycles. The van der Waals surface area contributed by atoms with Crippen molar-refractivity contribution in [1.82, 2.24) is 9.97 Å². The second-order valence-corrected chi connectivity index (χ2v) is 5.83. The maximum absolute atomic E-state index is 6.08. The predicted octanol–water partition coefficient (Wildman–Crippen LogP) is 4.44. The van der Waals surface area contributed by atoms with Crippen LogP contribution in [0.2, 0.25) is 0 Å². The number of rotatable bonds is 4. The van der Waals surface area contributed by atoms with E-state index in [4.69, 9.17) is 16.3 Å². The summed E-state index contributed by atoms with van der Waals surface area (Å²) in [6.07, 6.45) is 9.53. The lowest BCUT2D eigenvalue weighted by atomic mass is 10.1. The summed E-state index contributed by atoms with van der Waals surface area (Å²) in [5.74, 6) is 2.30. The van der Waals surface area contributed by atoms with Gasteiger partial charge in [0.1, 0.15) is 11.5 Å². The Hall–Kier alpha value is -0.830. The molecule has 0 spiro atoms. The molecule has 2 rings (SSSR count). The zero-order chi connectivity index (χ0) is 13.7. The monoisotopic (exact) mass is 282 g/mol. The van der Waals surface area contributed by atoms with E-state index in [2.05, 4.69) is 23.8 Å². The van der Waals surface area contributed by atoms with Crippen molar-refractivity contribution in [2.24, 2.45) is 0 Å². The third-order valence-corrected chi connectivity index (χ3v) is 3.84. The smallest absolute Gasteiger partial charge is 0.160 e. The van der Waals surface area contributed by atoms with Gasteiger partial charge in [0.05, 0.1) is 18.2 Å². The molecule has 1 aliphatic rings. The number of alkyl halides is 1. The van der Waals surface area contributed by atoms with Crippen molar-refractivity contribution in [2.45, 2.75) is 70.3 Å². The molecule has 0 radical (unpaired) electrons. The fraction of sp³-hybridized carbons (Fsp3) is 0.733. The number of halogens is 1. The van der Waals surface area contributed by atoms with Crippen molar-refractivity contribution >= 4 is 11.6 Å². The normalized spacial score (nSPS) is 17.5. The molecule has 0 atom stereocenters. The first-order valence-electron chi connectivity index (χ1n) is 7.29. The topological polar surface area (TPSA) is 35.0 Å². The van der Waals surface area contributed by atoms with Gasteiger partial charge in [-0.15, -0.1) is 11.6 Å². The lowest BCUT2D eigenvalue weighted by Crippen LogP contribution is -2.17. The standard InChI is InChI=1S/C15H23ClN2O/c1-11(2)15-17-10-14(13(9-16)18-15)19-12-7-5-3-4-6-8-12/h10-12H,3-9H2,1-2H3. The molecule has 4 heteroatoms. The van der Waals surface area contributed by atoms with E-state index in [0.29, 0.717) is 17.9 Å². The van der Waals surface area contributed by atoms with Crippen LogP contribution in [0.1, 0.15) is 69.8 Å². The summed E-state index contributed by atoms with van der Waals surface area (Å²) in [5, 5.41) is 0. The summed E-state index contributed by atoms with van der Waals surface area (Å²) in [6, 6.07) is 0. The molecule has 1 aromatic heterocycles. The minimum atomic E-state index is 0.304. The van der Waals surface area contributed by atoms with E-state index < -0.39 is 0 Å². The molecule has 106 valence electrons. The van der Waals surface area contributed by atoms with Crippen molar-refractivity contribution in [2.75, 3.05) is 0 Å².